The molecule has 5 heteroatoms. The molecule has 0 heterocycles. The minimum absolute atomic E-state index is 0.115. The Morgan fingerprint density at radius 1 is 1.32 bits per heavy atom. The normalized spacial score (nSPS) is 10.4. The second kappa shape index (κ2) is 7.27. The van der Waals surface area contributed by atoms with E-state index in [1.165, 1.54) is 12.1 Å². The number of aryl methyl sites for hydroxylation is 1. The van der Waals surface area contributed by atoms with E-state index in [1.807, 2.05) is 19.1 Å². The molecule has 0 aromatic heterocycles. The minimum Gasteiger partial charge on any atom is -0.466 e. The number of anilines is 2. The van der Waals surface area contributed by atoms with Crippen molar-refractivity contribution >= 4 is 28.9 Å². The van der Waals surface area contributed by atoms with Crippen LogP contribution in [-0.4, -0.2) is 12.6 Å². The van der Waals surface area contributed by atoms with Gasteiger partial charge in [-0.15, -0.1) is 0 Å². The summed E-state index contributed by atoms with van der Waals surface area (Å²) in [6.45, 7) is 4.01. The van der Waals surface area contributed by atoms with Gasteiger partial charge < -0.3 is 10.1 Å². The van der Waals surface area contributed by atoms with Gasteiger partial charge in [-0.3, -0.25) is 4.79 Å². The molecule has 0 spiro atoms. The Morgan fingerprint density at radius 2 is 2.09 bits per heavy atom. The molecule has 0 atom stereocenters. The van der Waals surface area contributed by atoms with E-state index < -0.39 is 5.82 Å². The molecule has 0 fully saturated rings. The molecule has 0 radical (unpaired) electrons. The van der Waals surface area contributed by atoms with Gasteiger partial charge in [-0.1, -0.05) is 35.4 Å². The molecule has 3 nitrogen and oxygen atoms in total. The lowest BCUT2D eigenvalue weighted by atomic mass is 10.1. The maximum atomic E-state index is 13.9. The quantitative estimate of drug-likeness (QED) is 0.815. The van der Waals surface area contributed by atoms with Gasteiger partial charge in [0.25, 0.3) is 0 Å². The van der Waals surface area contributed by atoms with E-state index in [0.717, 1.165) is 11.1 Å². The van der Waals surface area contributed by atoms with Crippen molar-refractivity contribution in [1.29, 1.82) is 0 Å². The van der Waals surface area contributed by atoms with E-state index in [0.29, 0.717) is 12.3 Å². The van der Waals surface area contributed by atoms with Gasteiger partial charge in [0, 0.05) is 5.69 Å². The van der Waals surface area contributed by atoms with Crippen molar-refractivity contribution in [3.05, 3.63) is 58.4 Å². The van der Waals surface area contributed by atoms with Gasteiger partial charge in [0.1, 0.15) is 5.82 Å². The van der Waals surface area contributed by atoms with E-state index in [1.54, 1.807) is 19.1 Å². The van der Waals surface area contributed by atoms with Crippen molar-refractivity contribution in [1.82, 2.24) is 0 Å². The van der Waals surface area contributed by atoms with Crippen molar-refractivity contribution < 1.29 is 13.9 Å². The first-order valence-electron chi connectivity index (χ1n) is 6.97. The number of nitrogens with one attached hydrogen (secondary N) is 1. The summed E-state index contributed by atoms with van der Waals surface area (Å²) >= 11 is 6.02. The topological polar surface area (TPSA) is 38.3 Å². The fourth-order valence-electron chi connectivity index (χ4n) is 2.11. The van der Waals surface area contributed by atoms with Crippen LogP contribution in [0.3, 0.4) is 0 Å². The summed E-state index contributed by atoms with van der Waals surface area (Å²) in [6, 6.07) is 10.0. The summed E-state index contributed by atoms with van der Waals surface area (Å²) in [4.78, 5) is 11.7. The third-order valence-corrected chi connectivity index (χ3v) is 3.44. The van der Waals surface area contributed by atoms with E-state index in [-0.39, 0.29) is 23.1 Å². The van der Waals surface area contributed by atoms with Crippen LogP contribution in [0.25, 0.3) is 0 Å². The highest BCUT2D eigenvalue weighted by Crippen LogP contribution is 2.30. The van der Waals surface area contributed by atoms with Crippen LogP contribution in [0.2, 0.25) is 5.02 Å². The van der Waals surface area contributed by atoms with Crippen LogP contribution in [0.1, 0.15) is 18.1 Å². The Kier molecular flexibility index (Phi) is 5.39. The number of para-hydroxylation sites is 1. The Morgan fingerprint density at radius 3 is 2.77 bits per heavy atom. The van der Waals surface area contributed by atoms with Crippen LogP contribution in [0.15, 0.2) is 36.4 Å². The van der Waals surface area contributed by atoms with Gasteiger partial charge in [-0.25, -0.2) is 4.39 Å². The zero-order valence-corrected chi connectivity index (χ0v) is 13.2. The Hall–Kier alpha value is -2.07. The molecule has 0 aliphatic carbocycles. The molecule has 0 saturated carbocycles. The average Bonchev–Trinajstić information content (AvgIpc) is 2.45. The molecular weight excluding hydrogens is 305 g/mol. The number of carbonyl (C=O) groups is 1. The zero-order chi connectivity index (χ0) is 16.1. The molecule has 0 aliphatic rings. The number of hydrogen-bond donors (Lipinski definition) is 1. The Labute approximate surface area is 134 Å². The second-order valence-electron chi connectivity index (χ2n) is 4.86. The number of halogens is 2. The van der Waals surface area contributed by atoms with E-state index in [4.69, 9.17) is 16.3 Å². The highest BCUT2D eigenvalue weighted by atomic mass is 35.5. The van der Waals surface area contributed by atoms with Crippen LogP contribution in [0, 0.1) is 12.7 Å². The Balaban J connectivity index is 2.32. The van der Waals surface area contributed by atoms with Gasteiger partial charge >= 0.3 is 5.97 Å². The predicted molar refractivity (Wildman–Crippen MR) is 86.2 cm³/mol. The second-order valence-corrected chi connectivity index (χ2v) is 5.27. The van der Waals surface area contributed by atoms with Crippen molar-refractivity contribution in [2.75, 3.05) is 11.9 Å². The number of hydrogen-bond acceptors (Lipinski definition) is 3. The molecule has 2 aromatic carbocycles. The standard InChI is InChI=1S/C17H17ClFNO2/c1-3-22-16(21)10-12-9-11(2)7-8-15(12)20-17-13(18)5-4-6-14(17)19/h4-9,20H,3,10H2,1-2H3. The summed E-state index contributed by atoms with van der Waals surface area (Å²) in [5.74, 6) is -0.772. The first-order valence-corrected chi connectivity index (χ1v) is 7.35. The molecule has 2 aromatic rings. The fraction of sp³-hybridized carbons (Fsp3) is 0.235. The molecule has 0 amide bonds. The number of carbonyl (C=O) groups excluding carboxylic acids is 1. The van der Waals surface area contributed by atoms with Crippen molar-refractivity contribution in [3.63, 3.8) is 0 Å². The van der Waals surface area contributed by atoms with Crippen LogP contribution in [-0.2, 0) is 16.0 Å². The molecule has 0 unspecified atom stereocenters. The van der Waals surface area contributed by atoms with Crippen molar-refractivity contribution in [3.8, 4) is 0 Å². The molecule has 1 N–H and O–H groups in total. The largest absolute Gasteiger partial charge is 0.466 e. The summed E-state index contributed by atoms with van der Waals surface area (Å²) < 4.78 is 18.9. The number of ether oxygens (including phenoxy) is 1. The number of benzene rings is 2. The highest BCUT2D eigenvalue weighted by Gasteiger charge is 2.13. The fourth-order valence-corrected chi connectivity index (χ4v) is 2.32. The lowest BCUT2D eigenvalue weighted by molar-refractivity contribution is -0.142. The predicted octanol–water partition coefficient (Wildman–Crippen LogP) is 4.64. The lowest BCUT2D eigenvalue weighted by Crippen LogP contribution is -2.09. The van der Waals surface area contributed by atoms with Crippen LogP contribution in [0.4, 0.5) is 15.8 Å². The molecule has 22 heavy (non-hydrogen) atoms. The Bertz CT molecular complexity index is 668. The SMILES string of the molecule is CCOC(=O)Cc1cc(C)ccc1Nc1c(F)cccc1Cl. The zero-order valence-electron chi connectivity index (χ0n) is 12.5. The summed E-state index contributed by atoms with van der Waals surface area (Å²) in [5.41, 5.74) is 2.56. The monoisotopic (exact) mass is 321 g/mol. The summed E-state index contributed by atoms with van der Waals surface area (Å²) in [7, 11) is 0. The minimum atomic E-state index is -0.449. The van der Waals surface area contributed by atoms with Gasteiger partial charge in [0.05, 0.1) is 23.7 Å². The molecule has 0 saturated heterocycles. The third-order valence-electron chi connectivity index (χ3n) is 3.12. The van der Waals surface area contributed by atoms with E-state index in [9.17, 15) is 9.18 Å². The number of rotatable bonds is 5. The summed E-state index contributed by atoms with van der Waals surface area (Å²) in [5, 5.41) is 3.25. The van der Waals surface area contributed by atoms with Crippen LogP contribution >= 0.6 is 11.6 Å². The van der Waals surface area contributed by atoms with Crippen LogP contribution in [0.5, 0.6) is 0 Å². The molecule has 0 aliphatic heterocycles. The molecular formula is C17H17ClFNO2. The van der Waals surface area contributed by atoms with Gasteiger partial charge in [-0.05, 0) is 37.6 Å². The van der Waals surface area contributed by atoms with Crippen molar-refractivity contribution in [2.45, 2.75) is 20.3 Å². The number of esters is 1. The molecule has 2 rings (SSSR count). The maximum Gasteiger partial charge on any atom is 0.310 e. The van der Waals surface area contributed by atoms with Gasteiger partial charge in [0.15, 0.2) is 0 Å². The average molecular weight is 322 g/mol. The maximum absolute atomic E-state index is 13.9. The van der Waals surface area contributed by atoms with E-state index >= 15 is 0 Å². The molecule has 116 valence electrons. The smallest absolute Gasteiger partial charge is 0.310 e. The first-order chi connectivity index (χ1) is 10.5. The van der Waals surface area contributed by atoms with Crippen LogP contribution < -0.4 is 5.32 Å². The first kappa shape index (κ1) is 16.3. The van der Waals surface area contributed by atoms with E-state index in [2.05, 4.69) is 5.32 Å². The third kappa shape index (κ3) is 3.98. The molecule has 0 bridgehead atoms. The van der Waals surface area contributed by atoms with Gasteiger partial charge in [-0.2, -0.15) is 0 Å². The highest BCUT2D eigenvalue weighted by molar-refractivity contribution is 6.33. The van der Waals surface area contributed by atoms with Gasteiger partial charge in [0.2, 0.25) is 0 Å². The van der Waals surface area contributed by atoms with Crippen molar-refractivity contribution in [2.24, 2.45) is 0 Å². The lowest BCUT2D eigenvalue weighted by Gasteiger charge is -2.14. The summed E-state index contributed by atoms with van der Waals surface area (Å²) in [6.07, 6.45) is 0.115.